The molecule has 0 aromatic heterocycles. The zero-order valence-corrected chi connectivity index (χ0v) is 12.8. The Morgan fingerprint density at radius 2 is 1.64 bits per heavy atom. The molecule has 0 unspecified atom stereocenters. The van der Waals surface area contributed by atoms with Crippen molar-refractivity contribution in [3.63, 3.8) is 0 Å². The maximum Gasteiger partial charge on any atom is 0.329 e. The Bertz CT molecular complexity index is 541. The number of hydrogen-bond donors (Lipinski definition) is 2. The lowest BCUT2D eigenvalue weighted by Crippen LogP contribution is -2.55. The minimum Gasteiger partial charge on any atom is -0.496 e. The van der Waals surface area contributed by atoms with E-state index in [0.717, 1.165) is 19.3 Å². The number of carbonyl (C=O) groups is 2. The summed E-state index contributed by atoms with van der Waals surface area (Å²) < 4.78 is 10.4. The van der Waals surface area contributed by atoms with Crippen LogP contribution in [0.25, 0.3) is 0 Å². The molecule has 0 radical (unpaired) electrons. The van der Waals surface area contributed by atoms with Crippen LogP contribution in [0.4, 0.5) is 0 Å². The SMILES string of the molecule is COc1cccc(OC)c1C(=O)NC1(C(=O)O)CCCCC1. The molecule has 2 N–H and O–H groups in total. The maximum absolute atomic E-state index is 12.6. The first-order valence-corrected chi connectivity index (χ1v) is 7.31. The van der Waals surface area contributed by atoms with Gasteiger partial charge in [-0.15, -0.1) is 0 Å². The van der Waals surface area contributed by atoms with E-state index in [2.05, 4.69) is 5.32 Å². The molecule has 1 aliphatic rings. The van der Waals surface area contributed by atoms with Crippen molar-refractivity contribution >= 4 is 11.9 Å². The molecule has 22 heavy (non-hydrogen) atoms. The third kappa shape index (κ3) is 3.00. The fourth-order valence-electron chi connectivity index (χ4n) is 2.90. The number of nitrogens with one attached hydrogen (secondary N) is 1. The first-order valence-electron chi connectivity index (χ1n) is 7.31. The Labute approximate surface area is 129 Å². The van der Waals surface area contributed by atoms with Crippen molar-refractivity contribution in [3.8, 4) is 11.5 Å². The van der Waals surface area contributed by atoms with E-state index >= 15 is 0 Å². The van der Waals surface area contributed by atoms with Crippen molar-refractivity contribution in [1.29, 1.82) is 0 Å². The molecule has 120 valence electrons. The van der Waals surface area contributed by atoms with Crippen molar-refractivity contribution in [1.82, 2.24) is 5.32 Å². The number of ether oxygens (including phenoxy) is 2. The highest BCUT2D eigenvalue weighted by Gasteiger charge is 2.41. The number of carboxylic acids is 1. The summed E-state index contributed by atoms with van der Waals surface area (Å²) in [5.74, 6) is -0.769. The lowest BCUT2D eigenvalue weighted by Gasteiger charge is -2.34. The Balaban J connectivity index is 2.33. The number of benzene rings is 1. The standard InChI is InChI=1S/C16H21NO5/c1-21-11-7-6-8-12(22-2)13(11)14(18)17-16(15(19)20)9-4-3-5-10-16/h6-8H,3-5,9-10H2,1-2H3,(H,17,18)(H,19,20). The van der Waals surface area contributed by atoms with E-state index in [-0.39, 0.29) is 5.56 Å². The summed E-state index contributed by atoms with van der Waals surface area (Å²) in [6, 6.07) is 5.00. The maximum atomic E-state index is 12.6. The quantitative estimate of drug-likeness (QED) is 0.871. The van der Waals surface area contributed by atoms with Crippen LogP contribution in [0.1, 0.15) is 42.5 Å². The van der Waals surface area contributed by atoms with E-state index in [0.29, 0.717) is 24.3 Å². The first-order chi connectivity index (χ1) is 10.5. The number of amides is 1. The predicted octanol–water partition coefficient (Wildman–Crippen LogP) is 2.22. The van der Waals surface area contributed by atoms with Crippen molar-refractivity contribution in [2.75, 3.05) is 14.2 Å². The average Bonchev–Trinajstić information content (AvgIpc) is 2.54. The Hall–Kier alpha value is -2.24. The van der Waals surface area contributed by atoms with Gasteiger partial charge in [0.15, 0.2) is 0 Å². The zero-order chi connectivity index (χ0) is 16.2. The molecular formula is C16H21NO5. The number of aliphatic carboxylic acids is 1. The number of carboxylic acid groups (broad SMARTS) is 1. The molecule has 0 bridgehead atoms. The minimum absolute atomic E-state index is 0.221. The van der Waals surface area contributed by atoms with Crippen molar-refractivity contribution in [2.24, 2.45) is 0 Å². The molecule has 6 nitrogen and oxygen atoms in total. The number of carbonyl (C=O) groups excluding carboxylic acids is 1. The van der Waals surface area contributed by atoms with Gasteiger partial charge in [-0.25, -0.2) is 4.79 Å². The van der Waals surface area contributed by atoms with Gasteiger partial charge in [0.25, 0.3) is 5.91 Å². The van der Waals surface area contributed by atoms with Crippen LogP contribution in [0.2, 0.25) is 0 Å². The van der Waals surface area contributed by atoms with Crippen molar-refractivity contribution in [2.45, 2.75) is 37.6 Å². The molecule has 0 heterocycles. The van der Waals surface area contributed by atoms with E-state index in [1.807, 2.05) is 0 Å². The second-order valence-corrected chi connectivity index (χ2v) is 5.44. The van der Waals surface area contributed by atoms with Gasteiger partial charge in [-0.1, -0.05) is 25.3 Å². The van der Waals surface area contributed by atoms with Gasteiger partial charge in [0, 0.05) is 0 Å². The van der Waals surface area contributed by atoms with E-state index < -0.39 is 17.4 Å². The minimum atomic E-state index is -1.21. The largest absolute Gasteiger partial charge is 0.496 e. The Morgan fingerprint density at radius 3 is 2.09 bits per heavy atom. The second kappa shape index (κ2) is 6.68. The lowest BCUT2D eigenvalue weighted by atomic mass is 9.81. The van der Waals surface area contributed by atoms with Gasteiger partial charge in [-0.3, -0.25) is 4.79 Å². The molecule has 1 saturated carbocycles. The van der Waals surface area contributed by atoms with Crippen LogP contribution >= 0.6 is 0 Å². The summed E-state index contributed by atoms with van der Waals surface area (Å²) in [7, 11) is 2.91. The van der Waals surface area contributed by atoms with Crippen molar-refractivity contribution < 1.29 is 24.2 Å². The average molecular weight is 307 g/mol. The van der Waals surface area contributed by atoms with Crippen LogP contribution in [0.5, 0.6) is 11.5 Å². The van der Waals surface area contributed by atoms with Gasteiger partial charge in [0.2, 0.25) is 0 Å². The summed E-state index contributed by atoms with van der Waals surface area (Å²) >= 11 is 0. The summed E-state index contributed by atoms with van der Waals surface area (Å²) in [6.07, 6.45) is 3.44. The third-order valence-electron chi connectivity index (χ3n) is 4.12. The van der Waals surface area contributed by atoms with E-state index in [1.54, 1.807) is 18.2 Å². The van der Waals surface area contributed by atoms with Gasteiger partial charge >= 0.3 is 5.97 Å². The molecule has 1 aliphatic carbocycles. The molecule has 1 aromatic rings. The van der Waals surface area contributed by atoms with Crippen LogP contribution in [0, 0.1) is 0 Å². The first kappa shape index (κ1) is 16.1. The highest BCUT2D eigenvalue weighted by Crippen LogP contribution is 2.32. The molecule has 0 aliphatic heterocycles. The number of methoxy groups -OCH3 is 2. The molecular weight excluding hydrogens is 286 g/mol. The van der Waals surface area contributed by atoms with Crippen LogP contribution in [-0.2, 0) is 4.79 Å². The molecule has 0 saturated heterocycles. The fraction of sp³-hybridized carbons (Fsp3) is 0.500. The molecule has 0 atom stereocenters. The van der Waals surface area contributed by atoms with Gasteiger partial charge in [0.1, 0.15) is 22.6 Å². The van der Waals surface area contributed by atoms with Crippen LogP contribution in [0.15, 0.2) is 18.2 Å². The molecule has 2 rings (SSSR count). The van der Waals surface area contributed by atoms with Gasteiger partial charge in [0.05, 0.1) is 14.2 Å². The smallest absolute Gasteiger partial charge is 0.329 e. The van der Waals surface area contributed by atoms with Gasteiger partial charge < -0.3 is 19.9 Å². The second-order valence-electron chi connectivity index (χ2n) is 5.44. The Kier molecular flexibility index (Phi) is 4.90. The molecule has 6 heteroatoms. The van der Waals surface area contributed by atoms with Crippen LogP contribution < -0.4 is 14.8 Å². The predicted molar refractivity (Wildman–Crippen MR) is 80.5 cm³/mol. The Morgan fingerprint density at radius 1 is 1.09 bits per heavy atom. The third-order valence-corrected chi connectivity index (χ3v) is 4.12. The van der Waals surface area contributed by atoms with Crippen molar-refractivity contribution in [3.05, 3.63) is 23.8 Å². The molecule has 1 aromatic carbocycles. The molecule has 0 spiro atoms. The summed E-state index contributed by atoms with van der Waals surface area (Å²) in [5.41, 5.74) is -0.986. The summed E-state index contributed by atoms with van der Waals surface area (Å²) in [6.45, 7) is 0. The summed E-state index contributed by atoms with van der Waals surface area (Å²) in [4.78, 5) is 24.3. The highest BCUT2D eigenvalue weighted by atomic mass is 16.5. The van der Waals surface area contributed by atoms with Crippen LogP contribution in [0.3, 0.4) is 0 Å². The topological polar surface area (TPSA) is 84.9 Å². The van der Waals surface area contributed by atoms with E-state index in [1.165, 1.54) is 14.2 Å². The highest BCUT2D eigenvalue weighted by molar-refractivity contribution is 6.02. The normalized spacial score (nSPS) is 16.6. The van der Waals surface area contributed by atoms with Gasteiger partial charge in [-0.05, 0) is 25.0 Å². The lowest BCUT2D eigenvalue weighted by molar-refractivity contribution is -0.145. The van der Waals surface area contributed by atoms with Crippen LogP contribution in [-0.4, -0.2) is 36.7 Å². The number of hydrogen-bond acceptors (Lipinski definition) is 4. The molecule has 1 amide bonds. The monoisotopic (exact) mass is 307 g/mol. The van der Waals surface area contributed by atoms with E-state index in [9.17, 15) is 14.7 Å². The fourth-order valence-corrected chi connectivity index (χ4v) is 2.90. The summed E-state index contributed by atoms with van der Waals surface area (Å²) in [5, 5.41) is 12.3. The van der Waals surface area contributed by atoms with Gasteiger partial charge in [-0.2, -0.15) is 0 Å². The zero-order valence-electron chi connectivity index (χ0n) is 12.8. The molecule has 1 fully saturated rings. The van der Waals surface area contributed by atoms with E-state index in [4.69, 9.17) is 9.47 Å². The number of rotatable bonds is 5.